The minimum atomic E-state index is -1.57. The highest BCUT2D eigenvalue weighted by molar-refractivity contribution is 9.10. The van der Waals surface area contributed by atoms with Gasteiger partial charge in [-0.15, -0.1) is 0 Å². The molecule has 1 aromatic heterocycles. The third-order valence-electron chi connectivity index (χ3n) is 7.30. The first-order valence-corrected chi connectivity index (χ1v) is 13.8. The van der Waals surface area contributed by atoms with Crippen molar-refractivity contribution in [2.75, 3.05) is 31.6 Å². The Kier molecular flexibility index (Phi) is 8.03. The summed E-state index contributed by atoms with van der Waals surface area (Å²) in [5.74, 6) is -0.354. The number of imidazole rings is 1. The number of nitrogens with zero attached hydrogens (tertiary/aromatic N) is 2. The van der Waals surface area contributed by atoms with Crippen LogP contribution in [-0.2, 0) is 19.9 Å². The number of benzene rings is 2. The minimum absolute atomic E-state index is 0.106. The van der Waals surface area contributed by atoms with Crippen molar-refractivity contribution in [3.63, 3.8) is 0 Å². The van der Waals surface area contributed by atoms with E-state index < -0.39 is 23.4 Å². The Morgan fingerprint density at radius 3 is 2.75 bits per heavy atom. The molecule has 2 aromatic carbocycles. The van der Waals surface area contributed by atoms with Crippen LogP contribution in [-0.4, -0.2) is 66.3 Å². The fourth-order valence-corrected chi connectivity index (χ4v) is 5.48. The lowest BCUT2D eigenvalue weighted by molar-refractivity contribution is -0.129. The van der Waals surface area contributed by atoms with Gasteiger partial charge in [-0.2, -0.15) is 0 Å². The number of carbonyl (C=O) groups excluding carboxylic acids is 3. The van der Waals surface area contributed by atoms with Gasteiger partial charge >= 0.3 is 0 Å². The molecule has 0 radical (unpaired) electrons. The zero-order valence-corrected chi connectivity index (χ0v) is 23.5. The normalized spacial score (nSPS) is 20.7. The van der Waals surface area contributed by atoms with Gasteiger partial charge in [-0.25, -0.2) is 4.98 Å². The van der Waals surface area contributed by atoms with Crippen molar-refractivity contribution in [1.29, 1.82) is 0 Å². The number of aromatic nitrogens is 2. The molecule has 2 aliphatic rings. The summed E-state index contributed by atoms with van der Waals surface area (Å²) in [5.41, 5.74) is 6.76. The second-order valence-electron chi connectivity index (χ2n) is 10.00. The lowest BCUT2D eigenvalue weighted by Gasteiger charge is -2.32. The number of H-pyrrole nitrogens is 1. The Morgan fingerprint density at radius 1 is 1.18 bits per heavy atom. The van der Waals surface area contributed by atoms with Crippen LogP contribution < -0.4 is 31.7 Å². The molecular formula is C27H31BrN8O4. The second-order valence-corrected chi connectivity index (χ2v) is 10.9. The topological polar surface area (TPSA) is 176 Å². The Labute approximate surface area is 239 Å². The predicted molar refractivity (Wildman–Crippen MR) is 154 cm³/mol. The molecule has 0 aliphatic carbocycles. The lowest BCUT2D eigenvalue weighted by Crippen LogP contribution is -2.59. The maximum atomic E-state index is 13.4. The van der Waals surface area contributed by atoms with Crippen molar-refractivity contribution in [3.8, 4) is 5.75 Å². The molecule has 1 fully saturated rings. The average molecular weight is 612 g/mol. The standard InChI is InChI=1S/C27H31BrN8O4/c1-15-2-3-17(28)10-19(15)27(25(29)39)23(32-14-33-27)24(38)36-26-34-20-5-4-18(11-21(20)35-26)40-13-22(37)31-12-16-6-8-30-9-7-16/h2-5,10-11,14,16,23,30H,6-9,12-13H2,1H3,(H2,29,39)(H,31,37)(H,32,33)(H2,34,35,36,38). The zero-order chi connectivity index (χ0) is 28.3. The van der Waals surface area contributed by atoms with Gasteiger partial charge in [0.1, 0.15) is 5.75 Å². The highest BCUT2D eigenvalue weighted by Crippen LogP contribution is 2.34. The van der Waals surface area contributed by atoms with E-state index in [0.717, 1.165) is 36.0 Å². The number of nitrogens with one attached hydrogen (secondary N) is 5. The first kappa shape index (κ1) is 27.6. The molecule has 5 rings (SSSR count). The first-order valence-electron chi connectivity index (χ1n) is 13.0. The summed E-state index contributed by atoms with van der Waals surface area (Å²) < 4.78 is 6.40. The third-order valence-corrected chi connectivity index (χ3v) is 7.79. The van der Waals surface area contributed by atoms with Gasteiger partial charge in [-0.3, -0.25) is 24.7 Å². The number of halogens is 1. The number of nitrogens with two attached hydrogens (primary N) is 1. The van der Waals surface area contributed by atoms with E-state index >= 15 is 0 Å². The number of hydrogen-bond donors (Lipinski definition) is 6. The Bertz CT molecular complexity index is 1470. The summed E-state index contributed by atoms with van der Waals surface area (Å²) in [4.78, 5) is 50.1. The highest BCUT2D eigenvalue weighted by atomic mass is 79.9. The SMILES string of the molecule is Cc1ccc(Br)cc1C1(C(N)=O)NC=NC1C(=O)Nc1nc2ccc(OCC(=O)NCC3CCNCC3)cc2[nH]1. The van der Waals surface area contributed by atoms with Crippen molar-refractivity contribution in [2.24, 2.45) is 16.6 Å². The Morgan fingerprint density at radius 2 is 1.98 bits per heavy atom. The van der Waals surface area contributed by atoms with Gasteiger partial charge in [-0.1, -0.05) is 22.0 Å². The molecule has 13 heteroatoms. The van der Waals surface area contributed by atoms with E-state index in [4.69, 9.17) is 10.5 Å². The average Bonchev–Trinajstić information content (AvgIpc) is 3.57. The van der Waals surface area contributed by atoms with Crippen LogP contribution in [0.5, 0.6) is 5.75 Å². The largest absolute Gasteiger partial charge is 0.484 e. The zero-order valence-electron chi connectivity index (χ0n) is 21.9. The van der Waals surface area contributed by atoms with Crippen molar-refractivity contribution in [3.05, 3.63) is 52.0 Å². The molecule has 12 nitrogen and oxygen atoms in total. The summed E-state index contributed by atoms with van der Waals surface area (Å²) in [5, 5.41) is 11.9. The van der Waals surface area contributed by atoms with Crippen LogP contribution in [0.3, 0.4) is 0 Å². The number of aromatic amines is 1. The number of carbonyl (C=O) groups is 3. The van der Waals surface area contributed by atoms with Crippen molar-refractivity contribution >= 4 is 57.0 Å². The lowest BCUT2D eigenvalue weighted by atomic mass is 9.80. The van der Waals surface area contributed by atoms with Crippen LogP contribution >= 0.6 is 15.9 Å². The molecule has 3 amide bonds. The molecule has 3 heterocycles. The van der Waals surface area contributed by atoms with Crippen LogP contribution in [0.2, 0.25) is 0 Å². The van der Waals surface area contributed by atoms with Gasteiger partial charge in [0.05, 0.1) is 17.4 Å². The number of amides is 3. The number of primary amides is 1. The van der Waals surface area contributed by atoms with Crippen LogP contribution in [0.4, 0.5) is 5.95 Å². The monoisotopic (exact) mass is 610 g/mol. The first-order chi connectivity index (χ1) is 19.3. The number of ether oxygens (including phenoxy) is 1. The number of piperidine rings is 1. The molecule has 2 aliphatic heterocycles. The summed E-state index contributed by atoms with van der Waals surface area (Å²) in [6.07, 6.45) is 3.42. The maximum Gasteiger partial charge on any atom is 0.257 e. The smallest absolute Gasteiger partial charge is 0.257 e. The maximum absolute atomic E-state index is 13.4. The molecule has 7 N–H and O–H groups in total. The molecule has 210 valence electrons. The Balaban J connectivity index is 1.25. The van der Waals surface area contributed by atoms with Gasteiger partial charge in [0.15, 0.2) is 18.2 Å². The number of anilines is 1. The quantitative estimate of drug-likeness (QED) is 0.212. The van der Waals surface area contributed by atoms with E-state index in [1.165, 1.54) is 6.34 Å². The van der Waals surface area contributed by atoms with E-state index in [2.05, 4.69) is 52.2 Å². The molecular weight excluding hydrogens is 580 g/mol. The molecule has 40 heavy (non-hydrogen) atoms. The minimum Gasteiger partial charge on any atom is -0.484 e. The van der Waals surface area contributed by atoms with Gasteiger partial charge in [0, 0.05) is 17.1 Å². The number of fused-ring (bicyclic) bond motifs is 1. The fraction of sp³-hybridized carbons (Fsp3) is 0.370. The van der Waals surface area contributed by atoms with E-state index in [1.807, 2.05) is 19.1 Å². The molecule has 0 bridgehead atoms. The van der Waals surface area contributed by atoms with E-state index in [-0.39, 0.29) is 18.5 Å². The molecule has 3 aromatic rings. The summed E-state index contributed by atoms with van der Waals surface area (Å²) in [6, 6.07) is 9.37. The summed E-state index contributed by atoms with van der Waals surface area (Å²) in [7, 11) is 0. The molecule has 2 atom stereocenters. The van der Waals surface area contributed by atoms with Crippen LogP contribution in [0.25, 0.3) is 11.0 Å². The fourth-order valence-electron chi connectivity index (χ4n) is 5.12. The van der Waals surface area contributed by atoms with E-state index in [9.17, 15) is 14.4 Å². The van der Waals surface area contributed by atoms with Gasteiger partial charge in [0.2, 0.25) is 5.95 Å². The van der Waals surface area contributed by atoms with Gasteiger partial charge < -0.3 is 31.4 Å². The highest BCUT2D eigenvalue weighted by Gasteiger charge is 2.53. The molecule has 0 spiro atoms. The summed E-state index contributed by atoms with van der Waals surface area (Å²) >= 11 is 3.43. The van der Waals surface area contributed by atoms with E-state index in [0.29, 0.717) is 34.8 Å². The Hall–Kier alpha value is -3.97. The van der Waals surface area contributed by atoms with Crippen molar-refractivity contribution in [1.82, 2.24) is 25.9 Å². The van der Waals surface area contributed by atoms with Crippen LogP contribution in [0.15, 0.2) is 45.9 Å². The summed E-state index contributed by atoms with van der Waals surface area (Å²) in [6.45, 7) is 4.32. The van der Waals surface area contributed by atoms with Gasteiger partial charge in [-0.05, 0) is 74.2 Å². The molecule has 1 saturated heterocycles. The number of hydrogen-bond acceptors (Lipinski definition) is 8. The van der Waals surface area contributed by atoms with Crippen LogP contribution in [0.1, 0.15) is 24.0 Å². The predicted octanol–water partition coefficient (Wildman–Crippen LogP) is 1.45. The number of aliphatic imine (C=N–C) groups is 1. The number of aryl methyl sites for hydroxylation is 1. The van der Waals surface area contributed by atoms with E-state index in [1.54, 1.807) is 24.3 Å². The third kappa shape index (κ3) is 5.65. The van der Waals surface area contributed by atoms with Crippen molar-refractivity contribution in [2.45, 2.75) is 31.3 Å². The second kappa shape index (κ2) is 11.6. The molecule has 2 unspecified atom stereocenters. The van der Waals surface area contributed by atoms with Crippen molar-refractivity contribution < 1.29 is 19.1 Å². The van der Waals surface area contributed by atoms with Gasteiger partial charge in [0.25, 0.3) is 17.7 Å². The molecule has 0 saturated carbocycles. The van der Waals surface area contributed by atoms with Crippen LogP contribution in [0, 0.1) is 12.8 Å². The number of rotatable bonds is 9.